The summed E-state index contributed by atoms with van der Waals surface area (Å²) in [4.78, 5) is 7.02. The fourth-order valence-corrected chi connectivity index (χ4v) is 4.47. The Labute approximate surface area is 215 Å². The van der Waals surface area contributed by atoms with Gasteiger partial charge in [0.1, 0.15) is 6.54 Å². The predicted molar refractivity (Wildman–Crippen MR) is 145 cm³/mol. The van der Waals surface area contributed by atoms with Crippen LogP contribution in [0.3, 0.4) is 0 Å². The van der Waals surface area contributed by atoms with Crippen molar-refractivity contribution in [1.82, 2.24) is 14.7 Å². The molecule has 1 saturated heterocycles. The summed E-state index contributed by atoms with van der Waals surface area (Å²) < 4.78 is 18.9. The molecule has 0 saturated carbocycles. The third-order valence-electron chi connectivity index (χ3n) is 7.53. The van der Waals surface area contributed by atoms with E-state index in [9.17, 15) is 0 Å². The minimum Gasteiger partial charge on any atom is -0.379 e. The molecule has 0 unspecified atom stereocenters. The molecule has 1 aromatic rings. The first-order valence-electron chi connectivity index (χ1n) is 13.8. The highest BCUT2D eigenvalue weighted by Crippen LogP contribution is 2.16. The van der Waals surface area contributed by atoms with E-state index in [4.69, 9.17) is 14.2 Å². The molecule has 1 aromatic carbocycles. The summed E-state index contributed by atoms with van der Waals surface area (Å²) in [6.45, 7) is 22.6. The SMILES string of the molecule is CC[N+](CC)(CC)Cc1ccc(CN2CCOCCN(C)CCOCCN(C)CCOCC2)cc1. The van der Waals surface area contributed by atoms with Crippen LogP contribution in [0.1, 0.15) is 31.9 Å². The van der Waals surface area contributed by atoms with E-state index < -0.39 is 0 Å². The second kappa shape index (κ2) is 17.4. The van der Waals surface area contributed by atoms with Crippen molar-refractivity contribution in [3.05, 3.63) is 35.4 Å². The molecule has 0 radical (unpaired) electrons. The summed E-state index contributed by atoms with van der Waals surface area (Å²) in [7, 11) is 4.27. The first-order valence-corrected chi connectivity index (χ1v) is 13.8. The lowest BCUT2D eigenvalue weighted by Crippen LogP contribution is -2.46. The van der Waals surface area contributed by atoms with Crippen molar-refractivity contribution in [2.45, 2.75) is 33.9 Å². The number of hydrogen-bond donors (Lipinski definition) is 0. The van der Waals surface area contributed by atoms with Crippen molar-refractivity contribution in [3.8, 4) is 0 Å². The molecule has 0 aromatic heterocycles. The average Bonchev–Trinajstić information content (AvgIpc) is 2.87. The molecule has 0 spiro atoms. The molecule has 1 aliphatic rings. The van der Waals surface area contributed by atoms with Crippen molar-refractivity contribution in [2.24, 2.45) is 0 Å². The Morgan fingerprint density at radius 1 is 0.600 bits per heavy atom. The van der Waals surface area contributed by atoms with Crippen LogP contribution in [0, 0.1) is 0 Å². The van der Waals surface area contributed by atoms with Gasteiger partial charge in [0.2, 0.25) is 0 Å². The lowest BCUT2D eigenvalue weighted by Gasteiger charge is -2.36. The Balaban J connectivity index is 1.90. The molecule has 7 heteroatoms. The standard InChI is InChI=1S/C28H53N4O3/c1-6-32(7-2,8-3)26-28-11-9-27(10-12-28)25-31-17-23-34-21-15-29(4)13-19-33-20-14-30(5)16-22-35-24-18-31/h9-12H,6-8,13-26H2,1-5H3/q+1. The summed E-state index contributed by atoms with van der Waals surface area (Å²) in [5, 5.41) is 0. The minimum absolute atomic E-state index is 0.745. The lowest BCUT2D eigenvalue weighted by molar-refractivity contribution is -0.936. The van der Waals surface area contributed by atoms with E-state index in [0.717, 1.165) is 96.5 Å². The lowest BCUT2D eigenvalue weighted by atomic mass is 10.1. The van der Waals surface area contributed by atoms with Gasteiger partial charge in [-0.2, -0.15) is 0 Å². The topological polar surface area (TPSA) is 37.4 Å². The van der Waals surface area contributed by atoms with Crippen molar-refractivity contribution in [3.63, 3.8) is 0 Å². The summed E-state index contributed by atoms with van der Waals surface area (Å²) in [5.74, 6) is 0. The van der Waals surface area contributed by atoms with Gasteiger partial charge < -0.3 is 28.5 Å². The molecular weight excluding hydrogens is 440 g/mol. The zero-order valence-electron chi connectivity index (χ0n) is 23.3. The van der Waals surface area contributed by atoms with Gasteiger partial charge in [0, 0.05) is 51.4 Å². The van der Waals surface area contributed by atoms with Gasteiger partial charge in [-0.15, -0.1) is 0 Å². The number of likely N-dealkylation sites (N-methyl/N-ethyl adjacent to an activating group) is 2. The number of ether oxygens (including phenoxy) is 3. The van der Waals surface area contributed by atoms with Crippen LogP contribution in [0.2, 0.25) is 0 Å². The summed E-state index contributed by atoms with van der Waals surface area (Å²) in [6, 6.07) is 9.27. The van der Waals surface area contributed by atoms with Gasteiger partial charge in [0.05, 0.1) is 59.3 Å². The Kier molecular flexibility index (Phi) is 15.0. The molecule has 7 nitrogen and oxygen atoms in total. The molecule has 0 atom stereocenters. The second-order valence-corrected chi connectivity index (χ2v) is 9.98. The summed E-state index contributed by atoms with van der Waals surface area (Å²) in [5.41, 5.74) is 2.79. The maximum Gasteiger partial charge on any atom is 0.104 e. The third-order valence-corrected chi connectivity index (χ3v) is 7.53. The molecule has 2 rings (SSSR count). The van der Waals surface area contributed by atoms with Crippen LogP contribution < -0.4 is 0 Å². The molecule has 35 heavy (non-hydrogen) atoms. The van der Waals surface area contributed by atoms with E-state index in [1.807, 2.05) is 0 Å². The number of hydrogen-bond acceptors (Lipinski definition) is 6. The van der Waals surface area contributed by atoms with Crippen LogP contribution in [0.15, 0.2) is 24.3 Å². The van der Waals surface area contributed by atoms with Crippen molar-refractivity contribution >= 4 is 0 Å². The van der Waals surface area contributed by atoms with Gasteiger partial charge in [-0.3, -0.25) is 4.90 Å². The zero-order chi connectivity index (χ0) is 25.4. The van der Waals surface area contributed by atoms with Crippen molar-refractivity contribution in [1.29, 1.82) is 0 Å². The Morgan fingerprint density at radius 2 is 0.971 bits per heavy atom. The molecule has 0 bridgehead atoms. The first-order chi connectivity index (χ1) is 17.0. The van der Waals surface area contributed by atoms with Gasteiger partial charge in [0.25, 0.3) is 0 Å². The highest BCUT2D eigenvalue weighted by atomic mass is 16.5. The zero-order valence-corrected chi connectivity index (χ0v) is 23.3. The molecule has 0 amide bonds. The van der Waals surface area contributed by atoms with Gasteiger partial charge in [-0.05, 0) is 40.4 Å². The van der Waals surface area contributed by atoms with Gasteiger partial charge >= 0.3 is 0 Å². The number of benzene rings is 1. The fourth-order valence-electron chi connectivity index (χ4n) is 4.47. The monoisotopic (exact) mass is 493 g/mol. The predicted octanol–water partition coefficient (Wildman–Crippen LogP) is 2.79. The van der Waals surface area contributed by atoms with Crippen LogP contribution in [-0.2, 0) is 27.3 Å². The van der Waals surface area contributed by atoms with E-state index in [0.29, 0.717) is 0 Å². The van der Waals surface area contributed by atoms with Crippen LogP contribution in [0.5, 0.6) is 0 Å². The highest BCUT2D eigenvalue weighted by Gasteiger charge is 2.21. The third kappa shape index (κ3) is 12.2. The maximum atomic E-state index is 5.97. The molecule has 0 N–H and O–H groups in total. The average molecular weight is 494 g/mol. The molecule has 1 heterocycles. The molecule has 1 aliphatic heterocycles. The van der Waals surface area contributed by atoms with E-state index in [1.165, 1.54) is 30.8 Å². The maximum absolute atomic E-state index is 5.97. The largest absolute Gasteiger partial charge is 0.379 e. The van der Waals surface area contributed by atoms with Crippen LogP contribution in [0.4, 0.5) is 0 Å². The van der Waals surface area contributed by atoms with Crippen molar-refractivity contribution < 1.29 is 18.7 Å². The van der Waals surface area contributed by atoms with Crippen LogP contribution >= 0.6 is 0 Å². The Morgan fingerprint density at radius 3 is 1.37 bits per heavy atom. The molecular formula is C28H53N4O3+. The van der Waals surface area contributed by atoms with Gasteiger partial charge in [-0.25, -0.2) is 0 Å². The quantitative estimate of drug-likeness (QED) is 0.544. The number of rotatable bonds is 7. The summed E-state index contributed by atoms with van der Waals surface area (Å²) in [6.07, 6.45) is 0. The Bertz CT molecular complexity index is 624. The molecule has 202 valence electrons. The highest BCUT2D eigenvalue weighted by molar-refractivity contribution is 5.22. The summed E-state index contributed by atoms with van der Waals surface area (Å²) >= 11 is 0. The number of quaternary nitrogens is 1. The van der Waals surface area contributed by atoms with Gasteiger partial charge in [-0.1, -0.05) is 24.3 Å². The van der Waals surface area contributed by atoms with E-state index in [1.54, 1.807) is 0 Å². The molecule has 0 aliphatic carbocycles. The van der Waals surface area contributed by atoms with E-state index in [-0.39, 0.29) is 0 Å². The van der Waals surface area contributed by atoms with Gasteiger partial charge in [0.15, 0.2) is 0 Å². The number of nitrogens with zero attached hydrogens (tertiary/aromatic N) is 4. The fraction of sp³-hybridized carbons (Fsp3) is 0.786. The smallest absolute Gasteiger partial charge is 0.104 e. The van der Waals surface area contributed by atoms with Crippen LogP contribution in [0.25, 0.3) is 0 Å². The Hall–Kier alpha value is -1.06. The van der Waals surface area contributed by atoms with E-state index in [2.05, 4.69) is 73.8 Å². The minimum atomic E-state index is 0.745. The van der Waals surface area contributed by atoms with Crippen LogP contribution in [-0.4, -0.2) is 132 Å². The van der Waals surface area contributed by atoms with E-state index >= 15 is 0 Å². The van der Waals surface area contributed by atoms with Crippen molar-refractivity contribution in [2.75, 3.05) is 113 Å². The molecule has 1 fully saturated rings. The normalized spacial score (nSPS) is 20.4. The first kappa shape index (κ1) is 30.2. The second-order valence-electron chi connectivity index (χ2n) is 9.98.